The highest BCUT2D eigenvalue weighted by atomic mass is 32.2. The van der Waals surface area contributed by atoms with Crippen LogP contribution in [-0.2, 0) is 15.4 Å². The molecule has 4 heteroatoms. The Morgan fingerprint density at radius 1 is 0.909 bits per heavy atom. The van der Waals surface area contributed by atoms with Gasteiger partial charge in [0.2, 0.25) is 10.0 Å². The molecule has 1 atom stereocenters. The minimum Gasteiger partial charge on any atom is -0.207 e. The lowest BCUT2D eigenvalue weighted by Crippen LogP contribution is -2.37. The van der Waals surface area contributed by atoms with Gasteiger partial charge < -0.3 is 0 Å². The average Bonchev–Trinajstić information content (AvgIpc) is 3.22. The first-order valence-electron chi connectivity index (χ1n) is 11.6. The van der Waals surface area contributed by atoms with E-state index in [2.05, 4.69) is 51.1 Å². The van der Waals surface area contributed by atoms with Crippen molar-refractivity contribution in [3.8, 4) is 0 Å². The first-order chi connectivity index (χ1) is 15.7. The molecular weight excluding hydrogens is 426 g/mol. The largest absolute Gasteiger partial charge is 0.243 e. The van der Waals surface area contributed by atoms with Gasteiger partial charge in [-0.15, -0.1) is 0 Å². The van der Waals surface area contributed by atoms with Gasteiger partial charge in [0, 0.05) is 18.0 Å². The fourth-order valence-corrected chi connectivity index (χ4v) is 6.39. The molecule has 4 rings (SSSR count). The average molecular weight is 460 g/mol. The second kappa shape index (κ2) is 9.28. The summed E-state index contributed by atoms with van der Waals surface area (Å²) in [5, 5.41) is 0. The fraction of sp³-hybridized carbons (Fsp3) is 0.310. The second-order valence-corrected chi connectivity index (χ2v) is 11.4. The van der Waals surface area contributed by atoms with Crippen LogP contribution < -0.4 is 0 Å². The maximum Gasteiger partial charge on any atom is 0.243 e. The zero-order chi connectivity index (χ0) is 23.6. The molecule has 0 radical (unpaired) electrons. The van der Waals surface area contributed by atoms with Crippen LogP contribution >= 0.6 is 0 Å². The van der Waals surface area contributed by atoms with Gasteiger partial charge in [0.1, 0.15) is 0 Å². The number of aryl methyl sites for hydroxylation is 1. The third-order valence-electron chi connectivity index (χ3n) is 7.00. The van der Waals surface area contributed by atoms with E-state index in [0.717, 1.165) is 16.7 Å². The molecule has 0 aliphatic carbocycles. The summed E-state index contributed by atoms with van der Waals surface area (Å²) in [6.45, 7) is 8.79. The topological polar surface area (TPSA) is 37.4 Å². The molecular formula is C29H33NO2S. The summed E-state index contributed by atoms with van der Waals surface area (Å²) in [6, 6.07) is 27.7. The molecule has 0 unspecified atom stereocenters. The molecule has 0 spiro atoms. The van der Waals surface area contributed by atoms with Crippen LogP contribution in [0.4, 0.5) is 0 Å². The van der Waals surface area contributed by atoms with Crippen LogP contribution in [0, 0.1) is 12.8 Å². The lowest BCUT2D eigenvalue weighted by molar-refractivity contribution is 0.421. The molecule has 1 heterocycles. The van der Waals surface area contributed by atoms with Crippen LogP contribution in [0.1, 0.15) is 43.9 Å². The second-order valence-electron chi connectivity index (χ2n) is 9.51. The zero-order valence-corrected chi connectivity index (χ0v) is 20.7. The van der Waals surface area contributed by atoms with Crippen LogP contribution in [0.15, 0.2) is 101 Å². The van der Waals surface area contributed by atoms with Crippen molar-refractivity contribution in [2.75, 3.05) is 6.54 Å². The van der Waals surface area contributed by atoms with E-state index in [1.807, 2.05) is 55.5 Å². The highest BCUT2D eigenvalue weighted by molar-refractivity contribution is 7.89. The molecule has 0 saturated carbocycles. The van der Waals surface area contributed by atoms with Gasteiger partial charge in [0.05, 0.1) is 4.90 Å². The number of benzene rings is 3. The number of rotatable bonds is 6. The van der Waals surface area contributed by atoms with Crippen LogP contribution in [0.5, 0.6) is 0 Å². The van der Waals surface area contributed by atoms with E-state index in [-0.39, 0.29) is 6.04 Å². The van der Waals surface area contributed by atoms with Crippen LogP contribution in [-0.4, -0.2) is 25.3 Å². The quantitative estimate of drug-likeness (QED) is 0.403. The maximum absolute atomic E-state index is 14.0. The minimum atomic E-state index is -3.67. The van der Waals surface area contributed by atoms with Crippen molar-refractivity contribution in [2.45, 2.75) is 50.5 Å². The van der Waals surface area contributed by atoms with E-state index >= 15 is 0 Å². The van der Waals surface area contributed by atoms with E-state index in [1.54, 1.807) is 16.4 Å². The molecule has 1 fully saturated rings. The van der Waals surface area contributed by atoms with E-state index in [0.29, 0.717) is 23.8 Å². The van der Waals surface area contributed by atoms with Gasteiger partial charge in [-0.3, -0.25) is 0 Å². The molecule has 3 nitrogen and oxygen atoms in total. The van der Waals surface area contributed by atoms with Gasteiger partial charge in [-0.1, -0.05) is 104 Å². The molecule has 33 heavy (non-hydrogen) atoms. The van der Waals surface area contributed by atoms with Crippen molar-refractivity contribution < 1.29 is 8.42 Å². The van der Waals surface area contributed by atoms with Gasteiger partial charge >= 0.3 is 0 Å². The lowest BCUT2D eigenvalue weighted by Gasteiger charge is -2.30. The third-order valence-corrected chi connectivity index (χ3v) is 8.88. The predicted molar refractivity (Wildman–Crippen MR) is 136 cm³/mol. The van der Waals surface area contributed by atoms with Crippen LogP contribution in [0.25, 0.3) is 0 Å². The Morgan fingerprint density at radius 2 is 1.42 bits per heavy atom. The van der Waals surface area contributed by atoms with Gasteiger partial charge in [-0.2, -0.15) is 4.31 Å². The van der Waals surface area contributed by atoms with Crippen LogP contribution in [0.2, 0.25) is 0 Å². The number of allylic oxidation sites excluding steroid dienone is 1. The number of nitrogens with zero attached hydrogens (tertiary/aromatic N) is 1. The maximum atomic E-state index is 14.0. The SMILES string of the molecule is C/C(=C\[C@@H]1CC(c2ccccc2)(c2ccccc2)CN1S(=O)(=O)c1ccc(C)cc1)C(C)C. The Labute approximate surface area is 198 Å². The summed E-state index contributed by atoms with van der Waals surface area (Å²) in [5.41, 5.74) is 4.14. The normalized spacial score (nSPS) is 19.2. The highest BCUT2D eigenvalue weighted by Crippen LogP contribution is 2.46. The van der Waals surface area contributed by atoms with Gasteiger partial charge in [0.25, 0.3) is 0 Å². The van der Waals surface area contributed by atoms with E-state index in [1.165, 1.54) is 5.57 Å². The Balaban J connectivity index is 1.89. The summed E-state index contributed by atoms with van der Waals surface area (Å²) in [4.78, 5) is 0.352. The molecule has 3 aromatic rings. The molecule has 1 aliphatic rings. The molecule has 0 amide bonds. The van der Waals surface area contributed by atoms with Gasteiger partial charge in [-0.05, 0) is 49.4 Å². The van der Waals surface area contributed by atoms with Crippen molar-refractivity contribution in [1.82, 2.24) is 4.31 Å². The van der Waals surface area contributed by atoms with E-state index in [4.69, 9.17) is 0 Å². The fourth-order valence-electron chi connectivity index (χ4n) is 4.75. The summed E-state index contributed by atoms with van der Waals surface area (Å²) in [7, 11) is -3.67. The Morgan fingerprint density at radius 3 is 1.91 bits per heavy atom. The molecule has 1 aliphatic heterocycles. The van der Waals surface area contributed by atoms with Gasteiger partial charge in [0.15, 0.2) is 0 Å². The number of hydrogen-bond acceptors (Lipinski definition) is 2. The molecule has 1 saturated heterocycles. The molecule has 0 N–H and O–H groups in total. The summed E-state index contributed by atoms with van der Waals surface area (Å²) >= 11 is 0. The van der Waals surface area contributed by atoms with Crippen molar-refractivity contribution in [2.24, 2.45) is 5.92 Å². The standard InChI is InChI=1S/C29H33NO2S/c1-22(2)24(4)19-27-20-29(25-11-7-5-8-12-25,26-13-9-6-10-14-26)21-30(27)33(31,32)28-17-15-23(3)16-18-28/h5-19,22,27H,20-21H2,1-4H3/b24-19+/t27-/m1/s1. The summed E-state index contributed by atoms with van der Waals surface area (Å²) in [5.74, 6) is 0.359. The molecule has 3 aromatic carbocycles. The van der Waals surface area contributed by atoms with Crippen molar-refractivity contribution in [1.29, 1.82) is 0 Å². The highest BCUT2D eigenvalue weighted by Gasteiger charge is 2.50. The predicted octanol–water partition coefficient (Wildman–Crippen LogP) is 6.35. The smallest absolute Gasteiger partial charge is 0.207 e. The van der Waals surface area contributed by atoms with Crippen molar-refractivity contribution >= 4 is 10.0 Å². The summed E-state index contributed by atoms with van der Waals surface area (Å²) in [6.07, 6.45) is 2.88. The Hall–Kier alpha value is -2.69. The minimum absolute atomic E-state index is 0.223. The third kappa shape index (κ3) is 4.55. The van der Waals surface area contributed by atoms with E-state index < -0.39 is 15.4 Å². The number of sulfonamides is 1. The lowest BCUT2D eigenvalue weighted by atomic mass is 9.73. The van der Waals surface area contributed by atoms with E-state index in [9.17, 15) is 8.42 Å². The molecule has 0 bridgehead atoms. The van der Waals surface area contributed by atoms with Crippen molar-refractivity contribution in [3.05, 3.63) is 113 Å². The number of hydrogen-bond donors (Lipinski definition) is 0. The van der Waals surface area contributed by atoms with Gasteiger partial charge in [-0.25, -0.2) is 8.42 Å². The Kier molecular flexibility index (Phi) is 6.60. The molecule has 172 valence electrons. The summed E-state index contributed by atoms with van der Waals surface area (Å²) < 4.78 is 29.6. The Bertz CT molecular complexity index is 1170. The van der Waals surface area contributed by atoms with Crippen molar-refractivity contribution in [3.63, 3.8) is 0 Å². The first-order valence-corrected chi connectivity index (χ1v) is 13.1. The zero-order valence-electron chi connectivity index (χ0n) is 19.9. The van der Waals surface area contributed by atoms with Crippen LogP contribution in [0.3, 0.4) is 0 Å². The first kappa shape index (κ1) is 23.5. The monoisotopic (exact) mass is 459 g/mol. The molecule has 0 aromatic heterocycles.